The lowest BCUT2D eigenvalue weighted by Crippen LogP contribution is -2.28. The number of rotatable bonds is 2. The molecule has 2 aromatic carbocycles. The zero-order valence-corrected chi connectivity index (χ0v) is 15.1. The summed E-state index contributed by atoms with van der Waals surface area (Å²) in [5.74, 6) is -0.267. The Bertz CT molecular complexity index is 827. The molecular formula is C18H14BrNO2S. The average Bonchev–Trinajstić information content (AvgIpc) is 2.79. The zero-order chi connectivity index (χ0) is 16.6. The fourth-order valence-corrected chi connectivity index (χ4v) is 3.46. The molecule has 0 bridgehead atoms. The summed E-state index contributed by atoms with van der Waals surface area (Å²) >= 11 is 4.36. The third kappa shape index (κ3) is 3.12. The number of carbonyl (C=O) groups is 2. The van der Waals surface area contributed by atoms with Crippen LogP contribution in [-0.4, -0.2) is 11.1 Å². The van der Waals surface area contributed by atoms with Crippen molar-refractivity contribution in [2.75, 3.05) is 4.90 Å². The molecule has 0 aliphatic carbocycles. The van der Waals surface area contributed by atoms with Crippen LogP contribution in [0.3, 0.4) is 0 Å². The van der Waals surface area contributed by atoms with Crippen molar-refractivity contribution in [2.45, 2.75) is 13.8 Å². The molecule has 1 fully saturated rings. The Kier molecular flexibility index (Phi) is 4.41. The topological polar surface area (TPSA) is 37.4 Å². The smallest absolute Gasteiger partial charge is 0.268 e. The van der Waals surface area contributed by atoms with Gasteiger partial charge in [0, 0.05) is 4.47 Å². The molecule has 3 rings (SSSR count). The molecule has 5 heteroatoms. The molecule has 1 aliphatic heterocycles. The molecule has 0 aromatic heterocycles. The number of aryl methyl sites for hydroxylation is 1. The summed E-state index contributed by atoms with van der Waals surface area (Å²) in [5, 5.41) is -0.257. The molecule has 2 aromatic rings. The first-order valence-electron chi connectivity index (χ1n) is 7.07. The van der Waals surface area contributed by atoms with Gasteiger partial charge in [-0.1, -0.05) is 40.2 Å². The monoisotopic (exact) mass is 387 g/mol. The Hall–Kier alpha value is -1.85. The number of thioether (sulfide) groups is 1. The molecule has 1 saturated heterocycles. The van der Waals surface area contributed by atoms with E-state index in [-0.39, 0.29) is 11.1 Å². The lowest BCUT2D eigenvalue weighted by Gasteiger charge is -2.16. The Morgan fingerprint density at radius 2 is 1.74 bits per heavy atom. The maximum atomic E-state index is 12.7. The Balaban J connectivity index is 1.97. The maximum absolute atomic E-state index is 12.7. The summed E-state index contributed by atoms with van der Waals surface area (Å²) in [7, 11) is 0. The van der Waals surface area contributed by atoms with E-state index < -0.39 is 0 Å². The molecule has 0 N–H and O–H groups in total. The van der Waals surface area contributed by atoms with Crippen molar-refractivity contribution < 1.29 is 9.59 Å². The minimum absolute atomic E-state index is 0.257. The van der Waals surface area contributed by atoms with Gasteiger partial charge in [0.1, 0.15) is 0 Å². The molecule has 0 atom stereocenters. The highest BCUT2D eigenvalue weighted by Gasteiger charge is 2.37. The maximum Gasteiger partial charge on any atom is 0.298 e. The van der Waals surface area contributed by atoms with Crippen LogP contribution >= 0.6 is 27.7 Å². The highest BCUT2D eigenvalue weighted by Crippen LogP contribution is 2.37. The fraction of sp³-hybridized carbons (Fsp3) is 0.111. The largest absolute Gasteiger partial charge is 0.298 e. The van der Waals surface area contributed by atoms with Gasteiger partial charge < -0.3 is 0 Å². The third-order valence-corrected chi connectivity index (χ3v) is 5.18. The van der Waals surface area contributed by atoms with E-state index in [0.717, 1.165) is 32.9 Å². The van der Waals surface area contributed by atoms with Gasteiger partial charge in [-0.25, -0.2) is 4.90 Å². The molecule has 116 valence electrons. The first-order valence-corrected chi connectivity index (χ1v) is 8.68. The standard InChI is InChI=1S/C18H14BrNO2S/c1-11-4-3-5-15(12(11)2)20-17(21)16(23-18(20)22)10-13-6-8-14(19)9-7-13/h3-10H,1-2H3/b16-10-. The lowest BCUT2D eigenvalue weighted by atomic mass is 10.1. The van der Waals surface area contributed by atoms with Gasteiger partial charge in [-0.3, -0.25) is 9.59 Å². The molecule has 23 heavy (non-hydrogen) atoms. The van der Waals surface area contributed by atoms with Crippen molar-refractivity contribution in [3.05, 3.63) is 68.5 Å². The SMILES string of the molecule is Cc1cccc(N2C(=O)S/C(=C\c3ccc(Br)cc3)C2=O)c1C. The van der Waals surface area contributed by atoms with Crippen LogP contribution in [0.4, 0.5) is 10.5 Å². The molecule has 0 unspecified atom stereocenters. The normalized spacial score (nSPS) is 16.5. The van der Waals surface area contributed by atoms with E-state index in [1.165, 1.54) is 4.90 Å². The number of amides is 2. The summed E-state index contributed by atoms with van der Waals surface area (Å²) in [4.78, 5) is 26.7. The van der Waals surface area contributed by atoms with Crippen molar-refractivity contribution in [1.82, 2.24) is 0 Å². The minimum Gasteiger partial charge on any atom is -0.268 e. The van der Waals surface area contributed by atoms with Crippen LogP contribution in [0.15, 0.2) is 51.8 Å². The van der Waals surface area contributed by atoms with Crippen LogP contribution < -0.4 is 4.90 Å². The van der Waals surface area contributed by atoms with Crippen LogP contribution in [0, 0.1) is 13.8 Å². The second-order valence-electron chi connectivity index (χ2n) is 5.29. The quantitative estimate of drug-likeness (QED) is 0.655. The molecule has 2 amide bonds. The zero-order valence-electron chi connectivity index (χ0n) is 12.7. The molecule has 0 radical (unpaired) electrons. The molecular weight excluding hydrogens is 374 g/mol. The summed E-state index contributed by atoms with van der Waals surface area (Å²) in [6, 6.07) is 13.2. The summed E-state index contributed by atoms with van der Waals surface area (Å²) in [6.07, 6.45) is 1.75. The van der Waals surface area contributed by atoms with E-state index in [1.807, 2.05) is 50.2 Å². The van der Waals surface area contributed by atoms with Crippen molar-refractivity contribution in [1.29, 1.82) is 0 Å². The van der Waals surface area contributed by atoms with Crippen LogP contribution in [0.2, 0.25) is 0 Å². The number of carbonyl (C=O) groups excluding carboxylic acids is 2. The number of benzene rings is 2. The van der Waals surface area contributed by atoms with E-state index in [2.05, 4.69) is 15.9 Å². The second kappa shape index (κ2) is 6.34. The van der Waals surface area contributed by atoms with Crippen LogP contribution in [0.1, 0.15) is 16.7 Å². The second-order valence-corrected chi connectivity index (χ2v) is 7.20. The molecule has 3 nitrogen and oxygen atoms in total. The number of nitrogens with zero attached hydrogens (tertiary/aromatic N) is 1. The van der Waals surface area contributed by atoms with Gasteiger partial charge in [0.25, 0.3) is 11.1 Å². The fourth-order valence-electron chi connectivity index (χ4n) is 2.36. The van der Waals surface area contributed by atoms with Crippen LogP contribution in [-0.2, 0) is 4.79 Å². The van der Waals surface area contributed by atoms with Crippen molar-refractivity contribution in [3.8, 4) is 0 Å². The molecule has 1 heterocycles. The Labute approximate surface area is 147 Å². The van der Waals surface area contributed by atoms with E-state index in [0.29, 0.717) is 10.6 Å². The van der Waals surface area contributed by atoms with Gasteiger partial charge in [0.2, 0.25) is 0 Å². The lowest BCUT2D eigenvalue weighted by molar-refractivity contribution is -0.113. The third-order valence-electron chi connectivity index (χ3n) is 3.78. The van der Waals surface area contributed by atoms with E-state index in [9.17, 15) is 9.59 Å². The number of anilines is 1. The highest BCUT2D eigenvalue weighted by atomic mass is 79.9. The van der Waals surface area contributed by atoms with Gasteiger partial charge in [-0.05, 0) is 66.6 Å². The van der Waals surface area contributed by atoms with Crippen LogP contribution in [0.25, 0.3) is 6.08 Å². The Morgan fingerprint density at radius 1 is 1.04 bits per heavy atom. The van der Waals surface area contributed by atoms with Crippen molar-refractivity contribution >= 4 is 50.6 Å². The number of imide groups is 1. The Morgan fingerprint density at radius 3 is 2.43 bits per heavy atom. The first kappa shape index (κ1) is 16.0. The van der Waals surface area contributed by atoms with Gasteiger partial charge in [-0.2, -0.15) is 0 Å². The first-order chi connectivity index (χ1) is 11.0. The summed E-state index contributed by atoms with van der Waals surface area (Å²) in [5.41, 5.74) is 3.55. The van der Waals surface area contributed by atoms with E-state index in [4.69, 9.17) is 0 Å². The van der Waals surface area contributed by atoms with E-state index >= 15 is 0 Å². The summed E-state index contributed by atoms with van der Waals surface area (Å²) in [6.45, 7) is 3.89. The van der Waals surface area contributed by atoms with Crippen molar-refractivity contribution in [3.63, 3.8) is 0 Å². The molecule has 1 aliphatic rings. The van der Waals surface area contributed by atoms with Gasteiger partial charge in [0.15, 0.2) is 0 Å². The van der Waals surface area contributed by atoms with Crippen molar-refractivity contribution in [2.24, 2.45) is 0 Å². The molecule has 0 spiro atoms. The minimum atomic E-state index is -0.267. The van der Waals surface area contributed by atoms with Crippen LogP contribution in [0.5, 0.6) is 0 Å². The van der Waals surface area contributed by atoms with Gasteiger partial charge in [0.05, 0.1) is 10.6 Å². The van der Waals surface area contributed by atoms with Gasteiger partial charge in [-0.15, -0.1) is 0 Å². The predicted molar refractivity (Wildman–Crippen MR) is 98.5 cm³/mol. The van der Waals surface area contributed by atoms with E-state index in [1.54, 1.807) is 12.1 Å². The average molecular weight is 388 g/mol. The molecule has 0 saturated carbocycles. The highest BCUT2D eigenvalue weighted by molar-refractivity contribution is 9.10. The number of hydrogen-bond acceptors (Lipinski definition) is 3. The summed E-state index contributed by atoms with van der Waals surface area (Å²) < 4.78 is 0.971. The number of halogens is 1. The predicted octanol–water partition coefficient (Wildman–Crippen LogP) is 5.31. The van der Waals surface area contributed by atoms with Gasteiger partial charge >= 0.3 is 0 Å². The number of hydrogen-bond donors (Lipinski definition) is 0.